The van der Waals surface area contributed by atoms with Gasteiger partial charge in [0.1, 0.15) is 5.82 Å². The Hall–Kier alpha value is -0.740. The minimum absolute atomic E-state index is 0. The van der Waals surface area contributed by atoms with Crippen LogP contribution in [-0.4, -0.2) is 9.97 Å². The van der Waals surface area contributed by atoms with Crippen molar-refractivity contribution in [3.05, 3.63) is 11.3 Å². The van der Waals surface area contributed by atoms with Gasteiger partial charge in [-0.3, -0.25) is 0 Å². The van der Waals surface area contributed by atoms with E-state index in [2.05, 4.69) is 16.9 Å². The van der Waals surface area contributed by atoms with Crippen molar-refractivity contribution >= 4 is 36.6 Å². The second-order valence-corrected chi connectivity index (χ2v) is 3.62. The zero-order valence-electron chi connectivity index (χ0n) is 8.56. The SMILES string of the molecule is CC1CCCc2nc(N)nc(N)c21.Cl.Cl. The first kappa shape index (κ1) is 14.3. The zero-order valence-corrected chi connectivity index (χ0v) is 10.2. The lowest BCUT2D eigenvalue weighted by Crippen LogP contribution is -2.15. The molecule has 0 saturated heterocycles. The van der Waals surface area contributed by atoms with Crippen LogP contribution in [0.4, 0.5) is 11.8 Å². The lowest BCUT2D eigenvalue weighted by Gasteiger charge is -2.22. The second kappa shape index (κ2) is 5.37. The molecule has 0 bridgehead atoms. The molecule has 1 aliphatic carbocycles. The van der Waals surface area contributed by atoms with Crippen molar-refractivity contribution in [2.75, 3.05) is 11.5 Å². The number of halogens is 2. The molecule has 86 valence electrons. The first-order chi connectivity index (χ1) is 6.18. The minimum atomic E-state index is 0. The van der Waals surface area contributed by atoms with Crippen LogP contribution in [0.1, 0.15) is 36.9 Å². The van der Waals surface area contributed by atoms with E-state index in [1.54, 1.807) is 0 Å². The molecular formula is C9H16Cl2N4. The maximum Gasteiger partial charge on any atom is 0.222 e. The summed E-state index contributed by atoms with van der Waals surface area (Å²) in [6, 6.07) is 0. The maximum atomic E-state index is 5.80. The van der Waals surface area contributed by atoms with Crippen molar-refractivity contribution < 1.29 is 0 Å². The van der Waals surface area contributed by atoms with Crippen LogP contribution in [0, 0.1) is 0 Å². The molecule has 0 spiro atoms. The van der Waals surface area contributed by atoms with Crippen LogP contribution < -0.4 is 11.5 Å². The van der Waals surface area contributed by atoms with Crippen LogP contribution >= 0.6 is 24.8 Å². The molecule has 0 radical (unpaired) electrons. The third kappa shape index (κ3) is 2.63. The molecule has 1 aromatic rings. The number of anilines is 2. The molecule has 0 amide bonds. The number of aryl methyl sites for hydroxylation is 1. The van der Waals surface area contributed by atoms with Gasteiger partial charge in [-0.05, 0) is 25.2 Å². The molecule has 1 heterocycles. The van der Waals surface area contributed by atoms with Crippen LogP contribution in [0.5, 0.6) is 0 Å². The summed E-state index contributed by atoms with van der Waals surface area (Å²) >= 11 is 0. The number of nitrogen functional groups attached to an aromatic ring is 2. The molecule has 4 N–H and O–H groups in total. The first-order valence-electron chi connectivity index (χ1n) is 4.60. The van der Waals surface area contributed by atoms with Gasteiger partial charge in [-0.1, -0.05) is 6.92 Å². The van der Waals surface area contributed by atoms with Gasteiger partial charge in [0, 0.05) is 5.56 Å². The molecule has 0 fully saturated rings. The second-order valence-electron chi connectivity index (χ2n) is 3.62. The monoisotopic (exact) mass is 250 g/mol. The summed E-state index contributed by atoms with van der Waals surface area (Å²) in [7, 11) is 0. The lowest BCUT2D eigenvalue weighted by atomic mass is 9.87. The van der Waals surface area contributed by atoms with Crippen LogP contribution in [0.15, 0.2) is 0 Å². The number of nitrogens with zero attached hydrogens (tertiary/aromatic N) is 2. The average Bonchev–Trinajstić information content (AvgIpc) is 2.02. The predicted octanol–water partition coefficient (Wildman–Crippen LogP) is 1.92. The van der Waals surface area contributed by atoms with Gasteiger partial charge in [0.05, 0.1) is 5.69 Å². The Morgan fingerprint density at radius 1 is 1.20 bits per heavy atom. The summed E-state index contributed by atoms with van der Waals surface area (Å²) < 4.78 is 0. The Morgan fingerprint density at radius 3 is 2.53 bits per heavy atom. The van der Waals surface area contributed by atoms with Gasteiger partial charge in [0.25, 0.3) is 0 Å². The van der Waals surface area contributed by atoms with E-state index in [9.17, 15) is 0 Å². The Kier molecular flexibility index (Phi) is 5.11. The minimum Gasteiger partial charge on any atom is -0.383 e. The van der Waals surface area contributed by atoms with Gasteiger partial charge in [0.15, 0.2) is 0 Å². The van der Waals surface area contributed by atoms with Crippen molar-refractivity contribution in [3.8, 4) is 0 Å². The Balaban J connectivity index is 0.000000980. The molecule has 4 nitrogen and oxygen atoms in total. The van der Waals surface area contributed by atoms with Crippen molar-refractivity contribution in [1.82, 2.24) is 9.97 Å². The molecule has 1 aliphatic rings. The molecule has 15 heavy (non-hydrogen) atoms. The highest BCUT2D eigenvalue weighted by molar-refractivity contribution is 5.85. The lowest BCUT2D eigenvalue weighted by molar-refractivity contribution is 0.578. The van der Waals surface area contributed by atoms with Gasteiger partial charge < -0.3 is 11.5 Å². The number of fused-ring (bicyclic) bond motifs is 1. The van der Waals surface area contributed by atoms with E-state index < -0.39 is 0 Å². The molecule has 0 saturated carbocycles. The van der Waals surface area contributed by atoms with E-state index >= 15 is 0 Å². The summed E-state index contributed by atoms with van der Waals surface area (Å²) in [5.41, 5.74) is 13.5. The highest BCUT2D eigenvalue weighted by atomic mass is 35.5. The topological polar surface area (TPSA) is 77.8 Å². The third-order valence-corrected chi connectivity index (χ3v) is 2.61. The molecule has 0 aliphatic heterocycles. The Labute approximate surface area is 102 Å². The highest BCUT2D eigenvalue weighted by Gasteiger charge is 2.21. The van der Waals surface area contributed by atoms with E-state index in [0.717, 1.165) is 17.7 Å². The Morgan fingerprint density at radius 2 is 1.87 bits per heavy atom. The summed E-state index contributed by atoms with van der Waals surface area (Å²) in [5.74, 6) is 1.34. The molecule has 1 aromatic heterocycles. The van der Waals surface area contributed by atoms with Gasteiger partial charge in [-0.25, -0.2) is 4.98 Å². The fourth-order valence-corrected chi connectivity index (χ4v) is 2.00. The van der Waals surface area contributed by atoms with E-state index in [-0.39, 0.29) is 24.8 Å². The molecular weight excluding hydrogens is 235 g/mol. The number of hydrogen-bond donors (Lipinski definition) is 2. The van der Waals surface area contributed by atoms with E-state index in [4.69, 9.17) is 11.5 Å². The molecule has 6 heteroatoms. The maximum absolute atomic E-state index is 5.80. The highest BCUT2D eigenvalue weighted by Crippen LogP contribution is 2.33. The van der Waals surface area contributed by atoms with Gasteiger partial charge in [-0.2, -0.15) is 4.98 Å². The number of nitrogens with two attached hydrogens (primary N) is 2. The zero-order chi connectivity index (χ0) is 9.42. The van der Waals surface area contributed by atoms with Crippen molar-refractivity contribution in [2.24, 2.45) is 0 Å². The number of aromatic nitrogens is 2. The van der Waals surface area contributed by atoms with Crippen molar-refractivity contribution in [1.29, 1.82) is 0 Å². The Bertz CT molecular complexity index is 343. The summed E-state index contributed by atoms with van der Waals surface area (Å²) in [6.45, 7) is 2.16. The average molecular weight is 251 g/mol. The largest absolute Gasteiger partial charge is 0.383 e. The molecule has 0 aromatic carbocycles. The van der Waals surface area contributed by atoms with Gasteiger partial charge in [0.2, 0.25) is 5.95 Å². The molecule has 1 atom stereocenters. The normalized spacial score (nSPS) is 18.3. The first-order valence-corrected chi connectivity index (χ1v) is 4.60. The van der Waals surface area contributed by atoms with E-state index in [1.807, 2.05) is 0 Å². The van der Waals surface area contributed by atoms with Crippen LogP contribution in [-0.2, 0) is 6.42 Å². The van der Waals surface area contributed by atoms with Gasteiger partial charge in [-0.15, -0.1) is 24.8 Å². The van der Waals surface area contributed by atoms with E-state index in [0.29, 0.717) is 17.7 Å². The van der Waals surface area contributed by atoms with Crippen LogP contribution in [0.3, 0.4) is 0 Å². The summed E-state index contributed by atoms with van der Waals surface area (Å²) in [5, 5.41) is 0. The number of rotatable bonds is 0. The predicted molar refractivity (Wildman–Crippen MR) is 66.7 cm³/mol. The van der Waals surface area contributed by atoms with Gasteiger partial charge >= 0.3 is 0 Å². The summed E-state index contributed by atoms with van der Waals surface area (Å²) in [4.78, 5) is 8.19. The standard InChI is InChI=1S/C9H14N4.2ClH/c1-5-3-2-4-6-7(5)8(10)13-9(11)12-6;;/h5H,2-4H2,1H3,(H4,10,11,12,13);2*1H. The quantitative estimate of drug-likeness (QED) is 0.738. The molecule has 2 rings (SSSR count). The fourth-order valence-electron chi connectivity index (χ4n) is 2.00. The number of hydrogen-bond acceptors (Lipinski definition) is 4. The molecule has 1 unspecified atom stereocenters. The van der Waals surface area contributed by atoms with E-state index in [1.165, 1.54) is 12.8 Å². The summed E-state index contributed by atoms with van der Waals surface area (Å²) in [6.07, 6.45) is 3.32. The van der Waals surface area contributed by atoms with Crippen molar-refractivity contribution in [3.63, 3.8) is 0 Å². The smallest absolute Gasteiger partial charge is 0.222 e. The van der Waals surface area contributed by atoms with Crippen molar-refractivity contribution in [2.45, 2.75) is 32.1 Å². The third-order valence-electron chi connectivity index (χ3n) is 2.61. The van der Waals surface area contributed by atoms with Crippen LogP contribution in [0.25, 0.3) is 0 Å². The van der Waals surface area contributed by atoms with Crippen LogP contribution in [0.2, 0.25) is 0 Å². The fraction of sp³-hybridized carbons (Fsp3) is 0.556.